The highest BCUT2D eigenvalue weighted by Gasteiger charge is 2.28. The van der Waals surface area contributed by atoms with Crippen LogP contribution in [0.2, 0.25) is 0 Å². The maximum absolute atomic E-state index is 4.19. The number of hydrogen-bond donors (Lipinski definition) is 0. The maximum Gasteiger partial charge on any atom is 0.100 e. The summed E-state index contributed by atoms with van der Waals surface area (Å²) in [6.45, 7) is 6.60. The monoisotopic (exact) mass is 313 g/mol. The molecule has 0 aliphatic carbocycles. The number of aryl methyl sites for hydroxylation is 1. The van der Waals surface area contributed by atoms with Gasteiger partial charge in [-0.3, -0.25) is 4.99 Å². The van der Waals surface area contributed by atoms with E-state index in [2.05, 4.69) is 83.0 Å². The van der Waals surface area contributed by atoms with Gasteiger partial charge >= 0.3 is 0 Å². The van der Waals surface area contributed by atoms with Crippen LogP contribution in [0.3, 0.4) is 0 Å². The van der Waals surface area contributed by atoms with E-state index >= 15 is 0 Å². The molecule has 0 aromatic heterocycles. The number of anilines is 4. The molecule has 118 valence electrons. The minimum atomic E-state index is 0.759. The fraction of sp³-hybridized carbons (Fsp3) is 0.0952. The molecule has 3 nitrogen and oxygen atoms in total. The first-order chi connectivity index (χ1) is 11.8. The summed E-state index contributed by atoms with van der Waals surface area (Å²) in [6, 6.07) is 25.2. The smallest absolute Gasteiger partial charge is 0.100 e. The van der Waals surface area contributed by atoms with E-state index < -0.39 is 0 Å². The molecule has 0 saturated carbocycles. The van der Waals surface area contributed by atoms with Crippen molar-refractivity contribution in [2.45, 2.75) is 6.92 Å². The highest BCUT2D eigenvalue weighted by molar-refractivity contribution is 5.89. The zero-order valence-corrected chi connectivity index (χ0v) is 13.7. The van der Waals surface area contributed by atoms with E-state index in [1.165, 1.54) is 22.6 Å². The molecule has 0 saturated heterocycles. The molecule has 1 aliphatic rings. The summed E-state index contributed by atoms with van der Waals surface area (Å²) in [5, 5.41) is 0. The predicted octanol–water partition coefficient (Wildman–Crippen LogP) is 5.57. The van der Waals surface area contributed by atoms with Gasteiger partial charge in [-0.05, 0) is 55.6 Å². The van der Waals surface area contributed by atoms with Crippen LogP contribution < -0.4 is 9.80 Å². The molecule has 0 fully saturated rings. The van der Waals surface area contributed by atoms with Gasteiger partial charge in [-0.25, -0.2) is 0 Å². The zero-order valence-electron chi connectivity index (χ0n) is 13.7. The van der Waals surface area contributed by atoms with Crippen molar-refractivity contribution in [2.75, 3.05) is 16.5 Å². The van der Waals surface area contributed by atoms with Crippen LogP contribution in [0.5, 0.6) is 0 Å². The minimum absolute atomic E-state index is 0.759. The number of hydrogen-bond acceptors (Lipinski definition) is 3. The lowest BCUT2D eigenvalue weighted by molar-refractivity contribution is 0.990. The molecular formula is C21H19N3. The molecule has 1 heterocycles. The van der Waals surface area contributed by atoms with E-state index in [9.17, 15) is 0 Å². The first-order valence-corrected chi connectivity index (χ1v) is 8.04. The Labute approximate surface area is 142 Å². The molecule has 0 amide bonds. The van der Waals surface area contributed by atoms with Crippen molar-refractivity contribution >= 4 is 35.2 Å². The third-order valence-corrected chi connectivity index (χ3v) is 4.40. The third-order valence-electron chi connectivity index (χ3n) is 4.40. The molecular weight excluding hydrogens is 294 g/mol. The lowest BCUT2D eigenvalue weighted by Crippen LogP contribution is -2.24. The Balaban J connectivity index is 1.83. The van der Waals surface area contributed by atoms with Crippen LogP contribution in [-0.2, 0) is 0 Å². The Bertz CT molecular complexity index is 901. The molecule has 1 aliphatic heterocycles. The molecule has 3 aromatic carbocycles. The van der Waals surface area contributed by atoms with Crippen LogP contribution in [0.15, 0.2) is 77.8 Å². The van der Waals surface area contributed by atoms with Crippen molar-refractivity contribution in [2.24, 2.45) is 4.99 Å². The fourth-order valence-corrected chi connectivity index (χ4v) is 3.26. The Hall–Kier alpha value is -3.07. The van der Waals surface area contributed by atoms with Crippen molar-refractivity contribution in [3.8, 4) is 0 Å². The van der Waals surface area contributed by atoms with Crippen LogP contribution in [0.4, 0.5) is 28.4 Å². The molecule has 24 heavy (non-hydrogen) atoms. The normalized spacial score (nSPS) is 13.0. The summed E-state index contributed by atoms with van der Waals surface area (Å²) >= 11 is 0. The van der Waals surface area contributed by atoms with Gasteiger partial charge in [-0.2, -0.15) is 0 Å². The van der Waals surface area contributed by atoms with Gasteiger partial charge in [-0.1, -0.05) is 36.4 Å². The second-order valence-corrected chi connectivity index (χ2v) is 5.97. The Morgan fingerprint density at radius 3 is 2.17 bits per heavy atom. The summed E-state index contributed by atoms with van der Waals surface area (Å²) in [5.41, 5.74) is 6.84. The summed E-state index contributed by atoms with van der Waals surface area (Å²) in [7, 11) is 0. The number of para-hydroxylation sites is 4. The molecule has 4 rings (SSSR count). The SMILES string of the molecule is C=Nc1ccccc1N1CN(c2cccc(C)c2)c2ccccc21. The van der Waals surface area contributed by atoms with E-state index in [1.54, 1.807) is 0 Å². The van der Waals surface area contributed by atoms with Crippen molar-refractivity contribution < 1.29 is 0 Å². The van der Waals surface area contributed by atoms with Gasteiger partial charge in [0.1, 0.15) is 6.67 Å². The highest BCUT2D eigenvalue weighted by atomic mass is 15.4. The topological polar surface area (TPSA) is 18.8 Å². The summed E-state index contributed by atoms with van der Waals surface area (Å²) < 4.78 is 0. The Morgan fingerprint density at radius 1 is 0.792 bits per heavy atom. The van der Waals surface area contributed by atoms with Crippen molar-refractivity contribution in [1.29, 1.82) is 0 Å². The second kappa shape index (κ2) is 5.85. The first kappa shape index (κ1) is 14.5. The molecule has 0 bridgehead atoms. The number of aliphatic imine (C=N–C) groups is 1. The third kappa shape index (κ3) is 2.35. The molecule has 3 heteroatoms. The fourth-order valence-electron chi connectivity index (χ4n) is 3.26. The van der Waals surface area contributed by atoms with Gasteiger partial charge in [0.2, 0.25) is 0 Å². The first-order valence-electron chi connectivity index (χ1n) is 8.04. The summed E-state index contributed by atoms with van der Waals surface area (Å²) in [4.78, 5) is 8.82. The van der Waals surface area contributed by atoms with Gasteiger partial charge in [0.15, 0.2) is 0 Å². The molecule has 0 N–H and O–H groups in total. The van der Waals surface area contributed by atoms with E-state index in [-0.39, 0.29) is 0 Å². The van der Waals surface area contributed by atoms with Gasteiger partial charge in [0.25, 0.3) is 0 Å². The van der Waals surface area contributed by atoms with Crippen LogP contribution in [0.1, 0.15) is 5.56 Å². The van der Waals surface area contributed by atoms with Gasteiger partial charge in [0, 0.05) is 5.69 Å². The molecule has 3 aromatic rings. The Kier molecular flexibility index (Phi) is 3.54. The highest BCUT2D eigenvalue weighted by Crippen LogP contribution is 2.46. The van der Waals surface area contributed by atoms with E-state index in [0.717, 1.165) is 18.0 Å². The van der Waals surface area contributed by atoms with Crippen molar-refractivity contribution in [1.82, 2.24) is 0 Å². The average Bonchev–Trinajstić information content (AvgIpc) is 3.01. The van der Waals surface area contributed by atoms with E-state index in [1.807, 2.05) is 18.2 Å². The van der Waals surface area contributed by atoms with Crippen LogP contribution in [-0.4, -0.2) is 13.4 Å². The van der Waals surface area contributed by atoms with Crippen LogP contribution in [0.25, 0.3) is 0 Å². The largest absolute Gasteiger partial charge is 0.321 e. The number of fused-ring (bicyclic) bond motifs is 1. The van der Waals surface area contributed by atoms with Gasteiger partial charge < -0.3 is 9.80 Å². The quantitative estimate of drug-likeness (QED) is 0.588. The minimum Gasteiger partial charge on any atom is -0.321 e. The number of rotatable bonds is 3. The Morgan fingerprint density at radius 2 is 1.46 bits per heavy atom. The van der Waals surface area contributed by atoms with E-state index in [0.29, 0.717) is 0 Å². The van der Waals surface area contributed by atoms with Gasteiger partial charge in [-0.15, -0.1) is 0 Å². The maximum atomic E-state index is 4.19. The molecule has 0 atom stereocenters. The average molecular weight is 313 g/mol. The van der Waals surface area contributed by atoms with Crippen LogP contribution in [0, 0.1) is 6.92 Å². The lowest BCUT2D eigenvalue weighted by Gasteiger charge is -2.23. The van der Waals surface area contributed by atoms with Gasteiger partial charge in [0.05, 0.1) is 22.7 Å². The lowest BCUT2D eigenvalue weighted by atomic mass is 10.2. The summed E-state index contributed by atoms with van der Waals surface area (Å²) in [5.74, 6) is 0. The predicted molar refractivity (Wildman–Crippen MR) is 102 cm³/mol. The standard InChI is InChI=1S/C21H19N3/c1-16-8-7-9-17(14-16)23-15-24(21-13-6-5-12-20(21)23)19-11-4-3-10-18(19)22-2/h3-14H,2,15H2,1H3. The molecule has 0 spiro atoms. The zero-order chi connectivity index (χ0) is 16.5. The van der Waals surface area contributed by atoms with Crippen LogP contribution >= 0.6 is 0 Å². The number of benzene rings is 3. The second-order valence-electron chi connectivity index (χ2n) is 5.97. The molecule has 0 unspecified atom stereocenters. The van der Waals surface area contributed by atoms with Crippen molar-refractivity contribution in [3.05, 3.63) is 78.4 Å². The summed E-state index contributed by atoms with van der Waals surface area (Å²) in [6.07, 6.45) is 0. The number of nitrogens with zero attached hydrogens (tertiary/aromatic N) is 3. The van der Waals surface area contributed by atoms with Crippen molar-refractivity contribution in [3.63, 3.8) is 0 Å². The van der Waals surface area contributed by atoms with E-state index in [4.69, 9.17) is 0 Å². The molecule has 0 radical (unpaired) electrons.